The number of hydrogen-bond acceptors (Lipinski definition) is 4. The number of benzene rings is 2. The van der Waals surface area contributed by atoms with Gasteiger partial charge in [0.1, 0.15) is 11.5 Å². The van der Waals surface area contributed by atoms with Crippen LogP contribution < -0.4 is 13.8 Å². The van der Waals surface area contributed by atoms with Gasteiger partial charge in [-0.2, -0.15) is 0 Å². The van der Waals surface area contributed by atoms with Crippen molar-refractivity contribution in [3.8, 4) is 11.5 Å². The monoisotopic (exact) mass is 388 g/mol. The number of hydrogen-bond donors (Lipinski definition) is 0. The minimum Gasteiger partial charge on any atom is -0.496 e. The van der Waals surface area contributed by atoms with Crippen LogP contribution in [-0.2, 0) is 11.1 Å². The highest BCUT2D eigenvalue weighted by molar-refractivity contribution is 7.80. The van der Waals surface area contributed by atoms with Crippen LogP contribution in [0.4, 0.5) is 10.5 Å². The van der Waals surface area contributed by atoms with Crippen molar-refractivity contribution in [2.24, 2.45) is 0 Å². The lowest BCUT2D eigenvalue weighted by Gasteiger charge is -2.18. The molecule has 1 heterocycles. The van der Waals surface area contributed by atoms with E-state index in [1.54, 1.807) is 48.4 Å². The number of methoxy groups -OCH3 is 1. The minimum absolute atomic E-state index is 0.0220. The van der Waals surface area contributed by atoms with Gasteiger partial charge in [-0.05, 0) is 49.2 Å². The Labute approximate surface area is 162 Å². The minimum atomic E-state index is -1.65. The summed E-state index contributed by atoms with van der Waals surface area (Å²) in [6.07, 6.45) is 0.943. The number of carbonyl (C=O) groups excluding carboxylic acids is 1. The van der Waals surface area contributed by atoms with E-state index in [1.807, 2.05) is 17.9 Å². The predicted molar refractivity (Wildman–Crippen MR) is 106 cm³/mol. The van der Waals surface area contributed by atoms with Gasteiger partial charge in [-0.1, -0.05) is 13.0 Å². The zero-order valence-corrected chi connectivity index (χ0v) is 16.6. The lowest BCUT2D eigenvalue weighted by Crippen LogP contribution is -2.32. The van der Waals surface area contributed by atoms with E-state index in [0.717, 1.165) is 30.8 Å². The number of urea groups is 1. The van der Waals surface area contributed by atoms with Gasteiger partial charge in [-0.15, -0.1) is 0 Å². The van der Waals surface area contributed by atoms with Crippen molar-refractivity contribution in [3.05, 3.63) is 48.0 Å². The zero-order valence-electron chi connectivity index (χ0n) is 15.8. The molecule has 144 valence electrons. The lowest BCUT2D eigenvalue weighted by molar-refractivity contribution is 0.220. The van der Waals surface area contributed by atoms with E-state index in [1.165, 1.54) is 0 Å². The van der Waals surface area contributed by atoms with Crippen LogP contribution in [0.1, 0.15) is 18.9 Å². The molecule has 2 aromatic rings. The van der Waals surface area contributed by atoms with E-state index in [-0.39, 0.29) is 6.03 Å². The third-order valence-electron chi connectivity index (χ3n) is 4.48. The van der Waals surface area contributed by atoms with Crippen LogP contribution >= 0.6 is 0 Å². The van der Waals surface area contributed by atoms with Crippen LogP contribution in [0.2, 0.25) is 0 Å². The highest BCUT2D eigenvalue weighted by atomic mass is 32.2. The maximum Gasteiger partial charge on any atom is 0.324 e. The Morgan fingerprint density at radius 1 is 1.11 bits per heavy atom. The number of ether oxygens (including phenoxy) is 1. The van der Waals surface area contributed by atoms with Gasteiger partial charge in [0.25, 0.3) is 0 Å². The second-order valence-corrected chi connectivity index (χ2v) is 7.47. The Kier molecular flexibility index (Phi) is 6.01. The molecule has 7 heteroatoms. The molecule has 1 atom stereocenters. The topological polar surface area (TPSA) is 59.1 Å². The Hall–Kier alpha value is -2.54. The van der Waals surface area contributed by atoms with Gasteiger partial charge in [0.15, 0.2) is 0 Å². The van der Waals surface area contributed by atoms with Crippen LogP contribution in [0.3, 0.4) is 0 Å². The maximum absolute atomic E-state index is 12.5. The predicted octanol–water partition coefficient (Wildman–Crippen LogP) is 3.76. The highest BCUT2D eigenvalue weighted by Crippen LogP contribution is 2.26. The molecule has 1 unspecified atom stereocenters. The third-order valence-corrected chi connectivity index (χ3v) is 5.48. The summed E-state index contributed by atoms with van der Waals surface area (Å²) in [5, 5.41) is 0. The first kappa shape index (κ1) is 19.2. The van der Waals surface area contributed by atoms with E-state index >= 15 is 0 Å². The van der Waals surface area contributed by atoms with Gasteiger partial charge in [0, 0.05) is 31.4 Å². The molecule has 0 radical (unpaired) electrons. The summed E-state index contributed by atoms with van der Waals surface area (Å²) >= 11 is -1.65. The number of carbonyl (C=O) groups is 1. The molecular formula is C20H24N2O4S. The molecule has 0 aliphatic carbocycles. The first-order valence-corrected chi connectivity index (χ1v) is 10.0. The van der Waals surface area contributed by atoms with Crippen molar-refractivity contribution in [1.82, 2.24) is 4.90 Å². The average molecular weight is 388 g/mol. The molecule has 3 rings (SSSR count). The SMILES string of the molecule is CCCN1CCN(c2ccc(S(=O)Oc3ccc(C)c(OC)c3)cc2)C1=O. The highest BCUT2D eigenvalue weighted by Gasteiger charge is 2.28. The van der Waals surface area contributed by atoms with E-state index < -0.39 is 11.1 Å². The van der Waals surface area contributed by atoms with Gasteiger partial charge in [0.2, 0.25) is 11.1 Å². The molecule has 6 nitrogen and oxygen atoms in total. The fourth-order valence-electron chi connectivity index (χ4n) is 3.02. The normalized spacial score (nSPS) is 15.1. The number of aryl methyl sites for hydroxylation is 1. The quantitative estimate of drug-likeness (QED) is 0.725. The molecule has 1 aliphatic rings. The Morgan fingerprint density at radius 2 is 1.85 bits per heavy atom. The van der Waals surface area contributed by atoms with E-state index in [9.17, 15) is 9.00 Å². The average Bonchev–Trinajstić information content (AvgIpc) is 3.04. The summed E-state index contributed by atoms with van der Waals surface area (Å²) in [6, 6.07) is 12.4. The van der Waals surface area contributed by atoms with E-state index in [0.29, 0.717) is 22.9 Å². The summed E-state index contributed by atoms with van der Waals surface area (Å²) in [7, 11) is 1.59. The van der Waals surface area contributed by atoms with Crippen LogP contribution in [0.5, 0.6) is 11.5 Å². The number of rotatable bonds is 7. The van der Waals surface area contributed by atoms with E-state index in [4.69, 9.17) is 8.92 Å². The largest absolute Gasteiger partial charge is 0.496 e. The van der Waals surface area contributed by atoms with Crippen molar-refractivity contribution in [2.75, 3.05) is 31.6 Å². The third kappa shape index (κ3) is 4.24. The smallest absolute Gasteiger partial charge is 0.324 e. The molecule has 0 bridgehead atoms. The van der Waals surface area contributed by atoms with Gasteiger partial charge in [-0.25, -0.2) is 9.00 Å². The standard InChI is InChI=1S/C20H24N2O4S/c1-4-11-21-12-13-22(20(21)23)16-6-9-18(10-7-16)27(24)26-17-8-5-15(2)19(14-17)25-3/h5-10,14H,4,11-13H2,1-3H3. The van der Waals surface area contributed by atoms with Crippen LogP contribution in [0.15, 0.2) is 47.4 Å². The number of amides is 2. The Bertz CT molecular complexity index is 838. The summed E-state index contributed by atoms with van der Waals surface area (Å²) in [5.41, 5.74) is 1.78. The summed E-state index contributed by atoms with van der Waals surface area (Å²) in [6.45, 7) is 6.16. The number of anilines is 1. The first-order valence-electron chi connectivity index (χ1n) is 8.94. The Balaban J connectivity index is 1.68. The van der Waals surface area contributed by atoms with Crippen LogP contribution in [0.25, 0.3) is 0 Å². The lowest BCUT2D eigenvalue weighted by atomic mass is 10.2. The fourth-order valence-corrected chi connectivity index (χ4v) is 3.76. The van der Waals surface area contributed by atoms with Gasteiger partial charge < -0.3 is 13.8 Å². The molecule has 1 saturated heterocycles. The molecule has 1 aliphatic heterocycles. The summed E-state index contributed by atoms with van der Waals surface area (Å²) in [5.74, 6) is 1.16. The maximum atomic E-state index is 12.5. The van der Waals surface area contributed by atoms with Gasteiger partial charge in [-0.3, -0.25) is 4.90 Å². The fraction of sp³-hybridized carbons (Fsp3) is 0.350. The second kappa shape index (κ2) is 8.43. The van der Waals surface area contributed by atoms with Gasteiger partial charge in [0.05, 0.1) is 12.0 Å². The van der Waals surface area contributed by atoms with Crippen molar-refractivity contribution in [3.63, 3.8) is 0 Å². The van der Waals surface area contributed by atoms with Crippen LogP contribution in [-0.4, -0.2) is 41.9 Å². The molecular weight excluding hydrogens is 364 g/mol. The molecule has 0 aromatic heterocycles. The molecule has 2 amide bonds. The molecule has 0 spiro atoms. The molecule has 1 fully saturated rings. The van der Waals surface area contributed by atoms with E-state index in [2.05, 4.69) is 6.92 Å². The molecule has 2 aromatic carbocycles. The van der Waals surface area contributed by atoms with Crippen molar-refractivity contribution < 1.29 is 17.9 Å². The van der Waals surface area contributed by atoms with Crippen molar-refractivity contribution in [1.29, 1.82) is 0 Å². The second-order valence-electron chi connectivity index (χ2n) is 6.36. The number of nitrogens with zero attached hydrogens (tertiary/aromatic N) is 2. The van der Waals surface area contributed by atoms with Crippen molar-refractivity contribution >= 4 is 22.8 Å². The molecule has 0 saturated carbocycles. The first-order chi connectivity index (χ1) is 13.0. The van der Waals surface area contributed by atoms with Crippen LogP contribution in [0, 0.1) is 6.92 Å². The Morgan fingerprint density at radius 3 is 2.52 bits per heavy atom. The summed E-state index contributed by atoms with van der Waals surface area (Å²) in [4.78, 5) is 16.5. The summed E-state index contributed by atoms with van der Waals surface area (Å²) < 4.78 is 23.3. The molecule has 0 N–H and O–H groups in total. The molecule has 27 heavy (non-hydrogen) atoms. The van der Waals surface area contributed by atoms with Crippen molar-refractivity contribution in [2.45, 2.75) is 25.2 Å². The zero-order chi connectivity index (χ0) is 19.4. The van der Waals surface area contributed by atoms with Gasteiger partial charge >= 0.3 is 6.03 Å².